The molecule has 126 valence electrons. The maximum Gasteiger partial charge on any atom is 0.120 e. The average Bonchev–Trinajstić information content (AvgIpc) is 2.55. The van der Waals surface area contributed by atoms with Crippen molar-refractivity contribution in [2.75, 3.05) is 7.11 Å². The molecule has 24 heavy (non-hydrogen) atoms. The van der Waals surface area contributed by atoms with Crippen LogP contribution in [0.25, 0.3) is 5.70 Å². The van der Waals surface area contributed by atoms with Gasteiger partial charge in [0.25, 0.3) is 0 Å². The molecule has 1 aliphatic heterocycles. The number of aromatic hydroxyl groups is 1. The van der Waals surface area contributed by atoms with Gasteiger partial charge in [-0.05, 0) is 50.3 Å². The van der Waals surface area contributed by atoms with Gasteiger partial charge in [0.2, 0.25) is 0 Å². The van der Waals surface area contributed by atoms with Crippen LogP contribution in [0.3, 0.4) is 0 Å². The number of halogens is 1. The lowest BCUT2D eigenvalue weighted by molar-refractivity contribution is 0.313. The summed E-state index contributed by atoms with van der Waals surface area (Å²) in [6, 6.07) is 13.3. The summed E-state index contributed by atoms with van der Waals surface area (Å²) in [5, 5.41) is 17.3. The van der Waals surface area contributed by atoms with Crippen LogP contribution in [0.2, 0.25) is 0 Å². The predicted molar refractivity (Wildman–Crippen MR) is 99.9 cm³/mol. The first-order valence-corrected chi connectivity index (χ1v) is 8.58. The minimum atomic E-state index is -0.327. The van der Waals surface area contributed by atoms with Gasteiger partial charge in [-0.3, -0.25) is 5.32 Å². The zero-order valence-corrected chi connectivity index (χ0v) is 15.5. The van der Waals surface area contributed by atoms with E-state index in [4.69, 9.17) is 4.74 Å². The summed E-state index contributed by atoms with van der Waals surface area (Å²) < 4.78 is 6.26. The highest BCUT2D eigenvalue weighted by Gasteiger charge is 2.29. The van der Waals surface area contributed by atoms with Crippen molar-refractivity contribution in [2.45, 2.75) is 25.6 Å². The maximum atomic E-state index is 10.3. The molecule has 1 unspecified atom stereocenters. The Labute approximate surface area is 150 Å². The molecule has 5 heteroatoms. The van der Waals surface area contributed by atoms with Gasteiger partial charge >= 0.3 is 0 Å². The fourth-order valence-electron chi connectivity index (χ4n) is 2.91. The van der Waals surface area contributed by atoms with E-state index in [1.165, 1.54) is 0 Å². The SMILES string of the molecule is COc1cccc(C2=CC(c3cc(Br)ccc3O)NC(C)(C)N2)c1. The molecule has 0 radical (unpaired) electrons. The molecule has 2 aromatic carbocycles. The van der Waals surface area contributed by atoms with Crippen molar-refractivity contribution in [1.29, 1.82) is 0 Å². The highest BCUT2D eigenvalue weighted by molar-refractivity contribution is 9.10. The summed E-state index contributed by atoms with van der Waals surface area (Å²) in [6.45, 7) is 4.14. The molecule has 3 rings (SSSR count). The molecule has 0 bridgehead atoms. The largest absolute Gasteiger partial charge is 0.508 e. The molecule has 0 aromatic heterocycles. The van der Waals surface area contributed by atoms with E-state index in [2.05, 4.69) is 46.5 Å². The minimum Gasteiger partial charge on any atom is -0.508 e. The van der Waals surface area contributed by atoms with E-state index >= 15 is 0 Å². The first-order valence-electron chi connectivity index (χ1n) is 7.78. The Kier molecular flexibility index (Phi) is 4.56. The highest BCUT2D eigenvalue weighted by Crippen LogP contribution is 2.34. The molecular weight excluding hydrogens is 368 g/mol. The number of phenols is 1. The van der Waals surface area contributed by atoms with Crippen molar-refractivity contribution in [1.82, 2.24) is 10.6 Å². The number of nitrogens with one attached hydrogen (secondary N) is 2. The Balaban J connectivity index is 2.05. The summed E-state index contributed by atoms with van der Waals surface area (Å²) in [4.78, 5) is 0. The second-order valence-corrected chi connectivity index (χ2v) is 7.30. The number of methoxy groups -OCH3 is 1. The highest BCUT2D eigenvalue weighted by atomic mass is 79.9. The monoisotopic (exact) mass is 388 g/mol. The summed E-state index contributed by atoms with van der Waals surface area (Å²) in [5.74, 6) is 1.09. The molecule has 0 saturated carbocycles. The van der Waals surface area contributed by atoms with Gasteiger partial charge in [0, 0.05) is 21.3 Å². The lowest BCUT2D eigenvalue weighted by Crippen LogP contribution is -2.54. The van der Waals surface area contributed by atoms with Crippen LogP contribution in [0.5, 0.6) is 11.5 Å². The number of hydrogen-bond acceptors (Lipinski definition) is 4. The normalized spacial score (nSPS) is 19.3. The third-order valence-corrected chi connectivity index (χ3v) is 4.50. The van der Waals surface area contributed by atoms with E-state index in [0.29, 0.717) is 0 Å². The third-order valence-electron chi connectivity index (χ3n) is 4.00. The molecule has 1 atom stereocenters. The Morgan fingerprint density at radius 1 is 1.17 bits per heavy atom. The molecule has 1 aliphatic rings. The van der Waals surface area contributed by atoms with E-state index in [9.17, 15) is 5.11 Å². The van der Waals surface area contributed by atoms with E-state index in [-0.39, 0.29) is 17.5 Å². The lowest BCUT2D eigenvalue weighted by atomic mass is 9.96. The molecule has 2 aromatic rings. The smallest absolute Gasteiger partial charge is 0.120 e. The summed E-state index contributed by atoms with van der Waals surface area (Å²) in [7, 11) is 1.66. The number of phenolic OH excluding ortho intramolecular Hbond substituents is 1. The van der Waals surface area contributed by atoms with Gasteiger partial charge in [-0.1, -0.05) is 28.1 Å². The van der Waals surface area contributed by atoms with Gasteiger partial charge in [-0.2, -0.15) is 0 Å². The van der Waals surface area contributed by atoms with Crippen LogP contribution < -0.4 is 15.4 Å². The Hall–Kier alpha value is -1.98. The van der Waals surface area contributed by atoms with Gasteiger partial charge in [-0.15, -0.1) is 0 Å². The molecule has 1 heterocycles. The number of benzene rings is 2. The van der Waals surface area contributed by atoms with Crippen LogP contribution in [-0.4, -0.2) is 17.9 Å². The van der Waals surface area contributed by atoms with Crippen LogP contribution in [0.4, 0.5) is 0 Å². The Morgan fingerprint density at radius 3 is 2.71 bits per heavy atom. The number of hydrogen-bond donors (Lipinski definition) is 3. The molecular formula is C19H21BrN2O2. The molecule has 0 aliphatic carbocycles. The second kappa shape index (κ2) is 6.49. The van der Waals surface area contributed by atoms with Crippen molar-refractivity contribution in [2.24, 2.45) is 0 Å². The van der Waals surface area contributed by atoms with E-state index in [1.54, 1.807) is 13.2 Å². The third kappa shape index (κ3) is 3.57. The molecule has 0 fully saturated rings. The fraction of sp³-hybridized carbons (Fsp3) is 0.263. The maximum absolute atomic E-state index is 10.3. The quantitative estimate of drug-likeness (QED) is 0.738. The van der Waals surface area contributed by atoms with Crippen molar-refractivity contribution in [3.05, 3.63) is 64.1 Å². The fourth-order valence-corrected chi connectivity index (χ4v) is 3.29. The Morgan fingerprint density at radius 2 is 1.96 bits per heavy atom. The minimum absolute atomic E-state index is 0.111. The van der Waals surface area contributed by atoms with E-state index in [0.717, 1.165) is 27.0 Å². The van der Waals surface area contributed by atoms with Gasteiger partial charge in [0.15, 0.2) is 0 Å². The van der Waals surface area contributed by atoms with Gasteiger partial charge < -0.3 is 15.2 Å². The van der Waals surface area contributed by atoms with E-state index in [1.807, 2.05) is 36.4 Å². The van der Waals surface area contributed by atoms with Crippen LogP contribution in [-0.2, 0) is 0 Å². The van der Waals surface area contributed by atoms with Crippen molar-refractivity contribution in [3.63, 3.8) is 0 Å². The lowest BCUT2D eigenvalue weighted by Gasteiger charge is -2.39. The summed E-state index contributed by atoms with van der Waals surface area (Å²) in [5.41, 5.74) is 2.55. The molecule has 0 saturated heterocycles. The number of rotatable bonds is 3. The standard InChI is InChI=1S/C19H21BrN2O2/c1-19(2)21-16(12-5-4-6-14(9-12)24-3)11-17(22-19)15-10-13(20)7-8-18(15)23/h4-11,17,21-23H,1-3H3. The summed E-state index contributed by atoms with van der Waals surface area (Å²) >= 11 is 3.48. The first kappa shape index (κ1) is 16.9. The molecule has 0 spiro atoms. The van der Waals surface area contributed by atoms with Crippen LogP contribution in [0.1, 0.15) is 31.0 Å². The summed E-state index contributed by atoms with van der Waals surface area (Å²) in [6.07, 6.45) is 2.08. The van der Waals surface area contributed by atoms with Crippen molar-refractivity contribution < 1.29 is 9.84 Å². The first-order chi connectivity index (χ1) is 11.4. The van der Waals surface area contributed by atoms with Crippen LogP contribution in [0, 0.1) is 0 Å². The number of ether oxygens (including phenoxy) is 1. The average molecular weight is 389 g/mol. The zero-order chi connectivity index (χ0) is 17.3. The predicted octanol–water partition coefficient (Wildman–Crippen LogP) is 4.17. The molecule has 4 nitrogen and oxygen atoms in total. The van der Waals surface area contributed by atoms with Gasteiger partial charge in [-0.25, -0.2) is 0 Å². The Bertz CT molecular complexity index is 787. The van der Waals surface area contributed by atoms with Gasteiger partial charge in [0.05, 0.1) is 18.8 Å². The van der Waals surface area contributed by atoms with Gasteiger partial charge in [0.1, 0.15) is 11.5 Å². The van der Waals surface area contributed by atoms with E-state index < -0.39 is 0 Å². The van der Waals surface area contributed by atoms with Crippen molar-refractivity contribution >= 4 is 21.6 Å². The molecule has 3 N–H and O–H groups in total. The van der Waals surface area contributed by atoms with Crippen LogP contribution in [0.15, 0.2) is 53.0 Å². The molecule has 0 amide bonds. The second-order valence-electron chi connectivity index (χ2n) is 6.39. The van der Waals surface area contributed by atoms with Crippen LogP contribution >= 0.6 is 15.9 Å². The zero-order valence-electron chi connectivity index (χ0n) is 13.9. The van der Waals surface area contributed by atoms with Crippen molar-refractivity contribution in [3.8, 4) is 11.5 Å². The topological polar surface area (TPSA) is 53.5 Å².